The van der Waals surface area contributed by atoms with Crippen LogP contribution in [0.5, 0.6) is 5.75 Å². The van der Waals surface area contributed by atoms with Gasteiger partial charge in [-0.15, -0.1) is 0 Å². The predicted molar refractivity (Wildman–Crippen MR) is 79.7 cm³/mol. The highest BCUT2D eigenvalue weighted by Crippen LogP contribution is 2.18. The Labute approximate surface area is 121 Å². The lowest BCUT2D eigenvalue weighted by molar-refractivity contribution is -0.0117. The van der Waals surface area contributed by atoms with E-state index < -0.39 is 0 Å². The quantitative estimate of drug-likeness (QED) is 0.774. The fourth-order valence-electron chi connectivity index (χ4n) is 1.65. The van der Waals surface area contributed by atoms with E-state index in [1.54, 1.807) is 7.11 Å². The average Bonchev–Trinajstić information content (AvgIpc) is 2.49. The topological polar surface area (TPSA) is 53.7 Å². The molecule has 1 rings (SSSR count). The molecule has 20 heavy (non-hydrogen) atoms. The first-order chi connectivity index (χ1) is 9.71. The molecule has 0 aliphatic heterocycles. The standard InChI is InChI=1S/C16H23NO3/c1-4-19-11-13(2)20-12-15-10-16(18-3)8-7-14(15)6-5-9-17/h7-8,10,13H,4,9,11-12,17H2,1-3H3. The largest absolute Gasteiger partial charge is 0.497 e. The van der Waals surface area contributed by atoms with Crippen molar-refractivity contribution in [2.75, 3.05) is 26.9 Å². The molecule has 0 saturated heterocycles. The molecule has 0 aliphatic carbocycles. The van der Waals surface area contributed by atoms with Gasteiger partial charge in [0.2, 0.25) is 0 Å². The number of hydrogen-bond donors (Lipinski definition) is 1. The first-order valence-corrected chi connectivity index (χ1v) is 6.76. The van der Waals surface area contributed by atoms with Gasteiger partial charge in [0.05, 0.1) is 33.0 Å². The van der Waals surface area contributed by atoms with E-state index >= 15 is 0 Å². The van der Waals surface area contributed by atoms with Crippen molar-refractivity contribution in [2.45, 2.75) is 26.6 Å². The third kappa shape index (κ3) is 5.62. The van der Waals surface area contributed by atoms with Gasteiger partial charge >= 0.3 is 0 Å². The van der Waals surface area contributed by atoms with Crippen LogP contribution in [0, 0.1) is 11.8 Å². The normalized spacial score (nSPS) is 11.6. The van der Waals surface area contributed by atoms with Crippen molar-refractivity contribution < 1.29 is 14.2 Å². The van der Waals surface area contributed by atoms with E-state index in [2.05, 4.69) is 11.8 Å². The number of methoxy groups -OCH3 is 1. The summed E-state index contributed by atoms with van der Waals surface area (Å²) >= 11 is 0. The number of ether oxygens (including phenoxy) is 3. The van der Waals surface area contributed by atoms with Gasteiger partial charge in [-0.05, 0) is 37.6 Å². The highest BCUT2D eigenvalue weighted by atomic mass is 16.5. The Morgan fingerprint density at radius 3 is 2.80 bits per heavy atom. The summed E-state index contributed by atoms with van der Waals surface area (Å²) in [6, 6.07) is 5.75. The molecule has 0 aliphatic rings. The maximum absolute atomic E-state index is 5.77. The molecule has 4 nitrogen and oxygen atoms in total. The van der Waals surface area contributed by atoms with Crippen LogP contribution in [0.4, 0.5) is 0 Å². The molecule has 0 saturated carbocycles. The van der Waals surface area contributed by atoms with Crippen molar-refractivity contribution in [3.05, 3.63) is 29.3 Å². The molecule has 0 aromatic heterocycles. The zero-order chi connectivity index (χ0) is 14.8. The first kappa shape index (κ1) is 16.5. The van der Waals surface area contributed by atoms with Crippen LogP contribution < -0.4 is 10.5 Å². The Morgan fingerprint density at radius 1 is 1.35 bits per heavy atom. The monoisotopic (exact) mass is 277 g/mol. The highest BCUT2D eigenvalue weighted by molar-refractivity contribution is 5.45. The van der Waals surface area contributed by atoms with E-state index in [4.69, 9.17) is 19.9 Å². The maximum atomic E-state index is 5.77. The molecule has 0 amide bonds. The Hall–Kier alpha value is -1.54. The number of hydrogen-bond acceptors (Lipinski definition) is 4. The SMILES string of the molecule is CCOCC(C)OCc1cc(OC)ccc1C#CCN. The van der Waals surface area contributed by atoms with E-state index in [1.807, 2.05) is 32.0 Å². The molecule has 0 spiro atoms. The zero-order valence-corrected chi connectivity index (χ0v) is 12.4. The molecule has 0 fully saturated rings. The summed E-state index contributed by atoms with van der Waals surface area (Å²) in [4.78, 5) is 0. The summed E-state index contributed by atoms with van der Waals surface area (Å²) < 4.78 is 16.3. The first-order valence-electron chi connectivity index (χ1n) is 6.76. The van der Waals surface area contributed by atoms with Crippen molar-refractivity contribution in [2.24, 2.45) is 5.73 Å². The molecule has 2 N–H and O–H groups in total. The summed E-state index contributed by atoms with van der Waals surface area (Å²) in [7, 11) is 1.64. The third-order valence-electron chi connectivity index (χ3n) is 2.72. The number of benzene rings is 1. The lowest BCUT2D eigenvalue weighted by Gasteiger charge is -2.14. The van der Waals surface area contributed by atoms with Crippen LogP contribution in [-0.4, -0.2) is 33.0 Å². The van der Waals surface area contributed by atoms with Crippen LogP contribution >= 0.6 is 0 Å². The van der Waals surface area contributed by atoms with Gasteiger partial charge in [-0.3, -0.25) is 0 Å². The van der Waals surface area contributed by atoms with Crippen LogP contribution in [0.15, 0.2) is 18.2 Å². The van der Waals surface area contributed by atoms with Crippen molar-refractivity contribution in [3.63, 3.8) is 0 Å². The molecule has 4 heteroatoms. The molecular formula is C16H23NO3. The zero-order valence-electron chi connectivity index (χ0n) is 12.4. The van der Waals surface area contributed by atoms with Crippen LogP contribution in [0.1, 0.15) is 25.0 Å². The smallest absolute Gasteiger partial charge is 0.119 e. The summed E-state index contributed by atoms with van der Waals surface area (Å²) in [6.07, 6.45) is 0.0384. The summed E-state index contributed by atoms with van der Waals surface area (Å²) in [5, 5.41) is 0. The minimum Gasteiger partial charge on any atom is -0.497 e. The molecule has 0 radical (unpaired) electrons. The lowest BCUT2D eigenvalue weighted by atomic mass is 10.1. The third-order valence-corrected chi connectivity index (χ3v) is 2.72. The van der Waals surface area contributed by atoms with E-state index in [9.17, 15) is 0 Å². The van der Waals surface area contributed by atoms with Gasteiger partial charge in [0.25, 0.3) is 0 Å². The Kier molecular flexibility index (Phi) is 7.74. The van der Waals surface area contributed by atoms with Gasteiger partial charge in [0, 0.05) is 12.2 Å². The predicted octanol–water partition coefficient (Wildman–Crippen LogP) is 1.95. The summed E-state index contributed by atoms with van der Waals surface area (Å²) in [5.41, 5.74) is 7.32. The molecule has 0 heterocycles. The maximum Gasteiger partial charge on any atom is 0.119 e. The van der Waals surface area contributed by atoms with Crippen molar-refractivity contribution in [3.8, 4) is 17.6 Å². The van der Waals surface area contributed by atoms with Crippen molar-refractivity contribution >= 4 is 0 Å². The van der Waals surface area contributed by atoms with Crippen LogP contribution in [0.25, 0.3) is 0 Å². The van der Waals surface area contributed by atoms with E-state index in [0.717, 1.165) is 16.9 Å². The minimum absolute atomic E-state index is 0.0384. The van der Waals surface area contributed by atoms with Crippen LogP contribution in [-0.2, 0) is 16.1 Å². The Balaban J connectivity index is 2.74. The van der Waals surface area contributed by atoms with E-state index in [1.165, 1.54) is 0 Å². The van der Waals surface area contributed by atoms with Gasteiger partial charge in [-0.25, -0.2) is 0 Å². The van der Waals surface area contributed by atoms with Gasteiger partial charge in [-0.1, -0.05) is 11.8 Å². The van der Waals surface area contributed by atoms with Crippen LogP contribution in [0.2, 0.25) is 0 Å². The van der Waals surface area contributed by atoms with E-state index in [0.29, 0.717) is 26.4 Å². The lowest BCUT2D eigenvalue weighted by Crippen LogP contribution is -2.16. The second-order valence-electron chi connectivity index (χ2n) is 4.31. The molecule has 110 valence electrons. The summed E-state index contributed by atoms with van der Waals surface area (Å²) in [6.45, 7) is 6.05. The number of nitrogens with two attached hydrogens (primary N) is 1. The van der Waals surface area contributed by atoms with Crippen molar-refractivity contribution in [1.82, 2.24) is 0 Å². The second kappa shape index (κ2) is 9.38. The molecule has 0 bridgehead atoms. The van der Waals surface area contributed by atoms with Gasteiger partial charge in [0.15, 0.2) is 0 Å². The Bertz CT molecular complexity index is 463. The molecule has 1 unspecified atom stereocenters. The van der Waals surface area contributed by atoms with Gasteiger partial charge in [0.1, 0.15) is 5.75 Å². The molecule has 1 aromatic carbocycles. The van der Waals surface area contributed by atoms with Gasteiger partial charge in [-0.2, -0.15) is 0 Å². The second-order valence-corrected chi connectivity index (χ2v) is 4.31. The fraction of sp³-hybridized carbons (Fsp3) is 0.500. The Morgan fingerprint density at radius 2 is 2.15 bits per heavy atom. The van der Waals surface area contributed by atoms with Crippen molar-refractivity contribution in [1.29, 1.82) is 0 Å². The average molecular weight is 277 g/mol. The highest BCUT2D eigenvalue weighted by Gasteiger charge is 2.07. The minimum atomic E-state index is 0.0384. The van der Waals surface area contributed by atoms with E-state index in [-0.39, 0.29) is 6.10 Å². The number of rotatable bonds is 7. The van der Waals surface area contributed by atoms with Gasteiger partial charge < -0.3 is 19.9 Å². The molecule has 1 atom stereocenters. The molecule has 1 aromatic rings. The fourth-order valence-corrected chi connectivity index (χ4v) is 1.65. The van der Waals surface area contributed by atoms with Crippen LogP contribution in [0.3, 0.4) is 0 Å². The summed E-state index contributed by atoms with van der Waals surface area (Å²) in [5.74, 6) is 6.70. The molecular weight excluding hydrogens is 254 g/mol.